The molecule has 4 aromatic rings. The quantitative estimate of drug-likeness (QED) is 0.416. The summed E-state index contributed by atoms with van der Waals surface area (Å²) in [5.74, 6) is -0.645. The van der Waals surface area contributed by atoms with Crippen LogP contribution < -0.4 is 0 Å². The number of halogens is 1. The van der Waals surface area contributed by atoms with Crippen LogP contribution in [0.5, 0.6) is 0 Å². The number of thiazole rings is 1. The largest absolute Gasteiger partial charge is 0.294 e. The number of nitrogens with zero attached hydrogens (tertiary/aromatic N) is 5. The van der Waals surface area contributed by atoms with Gasteiger partial charge in [-0.15, -0.1) is 21.5 Å². The van der Waals surface area contributed by atoms with Crippen molar-refractivity contribution in [2.24, 2.45) is 0 Å². The molecule has 0 aromatic carbocycles. The number of rotatable bonds is 4. The van der Waals surface area contributed by atoms with Crippen LogP contribution in [0.3, 0.4) is 0 Å². The molecule has 0 radical (unpaired) electrons. The number of ketones is 1. The molecule has 0 atom stereocenters. The van der Waals surface area contributed by atoms with Crippen molar-refractivity contribution in [2.75, 3.05) is 0 Å². The van der Waals surface area contributed by atoms with Gasteiger partial charge in [0.2, 0.25) is 5.95 Å². The van der Waals surface area contributed by atoms with E-state index >= 15 is 0 Å². The van der Waals surface area contributed by atoms with Crippen LogP contribution in [0, 0.1) is 12.9 Å². The molecule has 0 aliphatic rings. The van der Waals surface area contributed by atoms with E-state index in [-0.39, 0.29) is 12.2 Å². The van der Waals surface area contributed by atoms with Gasteiger partial charge < -0.3 is 0 Å². The Balaban J connectivity index is 1.78. The Morgan fingerprint density at radius 2 is 2.20 bits per heavy atom. The number of fused-ring (bicyclic) bond motifs is 1. The first-order valence-corrected chi connectivity index (χ1v) is 8.37. The number of hydrogen-bond donors (Lipinski definition) is 0. The maximum Gasteiger partial charge on any atom is 0.212 e. The molecule has 0 saturated heterocycles. The number of carbonyl (C=O) groups is 1. The lowest BCUT2D eigenvalue weighted by Crippen LogP contribution is -2.07. The van der Waals surface area contributed by atoms with Gasteiger partial charge in [-0.05, 0) is 25.1 Å². The lowest BCUT2D eigenvalue weighted by Gasteiger charge is -2.07. The molecule has 0 saturated carbocycles. The molecular weight excluding hydrogens is 341 g/mol. The molecule has 4 rings (SSSR count). The molecule has 124 valence electrons. The summed E-state index contributed by atoms with van der Waals surface area (Å²) in [6.07, 6.45) is 4.94. The fourth-order valence-electron chi connectivity index (χ4n) is 2.56. The third-order valence-electron chi connectivity index (χ3n) is 3.73. The third kappa shape index (κ3) is 3.03. The minimum Gasteiger partial charge on any atom is -0.294 e. The Kier molecular flexibility index (Phi) is 3.81. The van der Waals surface area contributed by atoms with E-state index in [4.69, 9.17) is 0 Å². The van der Waals surface area contributed by atoms with Crippen LogP contribution in [-0.4, -0.2) is 30.3 Å². The Morgan fingerprint density at radius 1 is 1.32 bits per heavy atom. The second-order valence-corrected chi connectivity index (χ2v) is 6.50. The summed E-state index contributed by atoms with van der Waals surface area (Å²) in [6.45, 7) is 1.89. The van der Waals surface area contributed by atoms with Gasteiger partial charge in [-0.25, -0.2) is 9.97 Å². The highest BCUT2D eigenvalue weighted by Crippen LogP contribution is 2.23. The Morgan fingerprint density at radius 3 is 2.92 bits per heavy atom. The number of carbonyl (C=O) groups excluding carboxylic acids is 1. The van der Waals surface area contributed by atoms with Crippen molar-refractivity contribution in [1.82, 2.24) is 24.6 Å². The number of pyridine rings is 2. The first-order chi connectivity index (χ1) is 12.1. The standard InChI is InChI=1S/C17H12FN5OS/c1-10-8-25-16(21-10)5-14(24)13-4-12(7-23-9-20-22-17(13)23)11-2-3-15(18)19-6-11/h2-4,6-9H,5H2,1H3. The maximum absolute atomic E-state index is 13.1. The average Bonchev–Trinajstić information content (AvgIpc) is 3.23. The van der Waals surface area contributed by atoms with Crippen molar-refractivity contribution in [3.8, 4) is 11.1 Å². The fraction of sp³-hybridized carbons (Fsp3) is 0.118. The van der Waals surface area contributed by atoms with Crippen LogP contribution in [0.15, 0.2) is 42.3 Å². The minimum atomic E-state index is -0.551. The van der Waals surface area contributed by atoms with Gasteiger partial charge >= 0.3 is 0 Å². The van der Waals surface area contributed by atoms with Gasteiger partial charge in [0.15, 0.2) is 11.4 Å². The van der Waals surface area contributed by atoms with Crippen LogP contribution in [0.2, 0.25) is 0 Å². The van der Waals surface area contributed by atoms with Crippen molar-refractivity contribution in [3.05, 3.63) is 64.5 Å². The smallest absolute Gasteiger partial charge is 0.212 e. The second-order valence-electron chi connectivity index (χ2n) is 5.56. The summed E-state index contributed by atoms with van der Waals surface area (Å²) < 4.78 is 14.7. The third-order valence-corrected chi connectivity index (χ3v) is 4.70. The molecule has 8 heteroatoms. The van der Waals surface area contributed by atoms with E-state index in [2.05, 4.69) is 20.2 Å². The predicted octanol–water partition coefficient (Wildman–Crippen LogP) is 3.12. The van der Waals surface area contributed by atoms with E-state index in [1.54, 1.807) is 22.7 Å². The lowest BCUT2D eigenvalue weighted by molar-refractivity contribution is 0.0994. The Bertz CT molecular complexity index is 1070. The van der Waals surface area contributed by atoms with E-state index in [1.165, 1.54) is 29.9 Å². The highest BCUT2D eigenvalue weighted by atomic mass is 32.1. The zero-order valence-electron chi connectivity index (χ0n) is 13.2. The molecule has 0 unspecified atom stereocenters. The topological polar surface area (TPSA) is 73.0 Å². The maximum atomic E-state index is 13.1. The lowest BCUT2D eigenvalue weighted by atomic mass is 10.0. The Hall–Kier alpha value is -3.00. The van der Waals surface area contributed by atoms with Gasteiger partial charge in [-0.2, -0.15) is 4.39 Å². The summed E-state index contributed by atoms with van der Waals surface area (Å²) in [6, 6.07) is 4.64. The van der Waals surface area contributed by atoms with E-state index in [0.29, 0.717) is 16.8 Å². The van der Waals surface area contributed by atoms with Crippen LogP contribution >= 0.6 is 11.3 Å². The zero-order valence-corrected chi connectivity index (χ0v) is 14.0. The monoisotopic (exact) mass is 353 g/mol. The molecule has 0 aliphatic carbocycles. The van der Waals surface area contributed by atoms with Gasteiger partial charge in [0.25, 0.3) is 0 Å². The summed E-state index contributed by atoms with van der Waals surface area (Å²) in [5.41, 5.74) is 3.27. The highest BCUT2D eigenvalue weighted by Gasteiger charge is 2.17. The summed E-state index contributed by atoms with van der Waals surface area (Å²) >= 11 is 1.46. The minimum absolute atomic E-state index is 0.0933. The molecule has 25 heavy (non-hydrogen) atoms. The normalized spacial score (nSPS) is 11.1. The van der Waals surface area contributed by atoms with Crippen LogP contribution in [-0.2, 0) is 6.42 Å². The van der Waals surface area contributed by atoms with Crippen molar-refractivity contribution < 1.29 is 9.18 Å². The zero-order chi connectivity index (χ0) is 17.4. The summed E-state index contributed by atoms with van der Waals surface area (Å²) in [4.78, 5) is 20.8. The molecule has 0 bridgehead atoms. The molecule has 0 fully saturated rings. The highest BCUT2D eigenvalue weighted by molar-refractivity contribution is 7.09. The molecule has 0 N–H and O–H groups in total. The van der Waals surface area contributed by atoms with E-state index < -0.39 is 5.95 Å². The first kappa shape index (κ1) is 15.5. The van der Waals surface area contributed by atoms with E-state index in [0.717, 1.165) is 16.3 Å². The van der Waals surface area contributed by atoms with E-state index in [1.807, 2.05) is 12.3 Å². The van der Waals surface area contributed by atoms with Gasteiger partial charge in [0, 0.05) is 34.6 Å². The van der Waals surface area contributed by atoms with Gasteiger partial charge in [-0.3, -0.25) is 9.20 Å². The number of aromatic nitrogens is 5. The number of aryl methyl sites for hydroxylation is 1. The second kappa shape index (κ2) is 6.14. The molecule has 0 aliphatic heterocycles. The van der Waals surface area contributed by atoms with E-state index in [9.17, 15) is 9.18 Å². The molecule has 4 heterocycles. The molecule has 0 amide bonds. The SMILES string of the molecule is Cc1csc(CC(=O)c2cc(-c3ccc(F)nc3)cn3cnnc23)n1. The molecule has 6 nitrogen and oxygen atoms in total. The van der Waals surface area contributed by atoms with Gasteiger partial charge in [-0.1, -0.05) is 0 Å². The Labute approximate surface area is 146 Å². The van der Waals surface area contributed by atoms with Crippen LogP contribution in [0.25, 0.3) is 16.8 Å². The van der Waals surface area contributed by atoms with Crippen molar-refractivity contribution in [1.29, 1.82) is 0 Å². The van der Waals surface area contributed by atoms with Crippen molar-refractivity contribution >= 4 is 22.8 Å². The van der Waals surface area contributed by atoms with Crippen LogP contribution in [0.4, 0.5) is 4.39 Å². The predicted molar refractivity (Wildman–Crippen MR) is 91.1 cm³/mol. The molecule has 0 spiro atoms. The van der Waals surface area contributed by atoms with Crippen molar-refractivity contribution in [2.45, 2.75) is 13.3 Å². The number of hydrogen-bond acceptors (Lipinski definition) is 6. The molecular formula is C17H12FN5OS. The summed E-state index contributed by atoms with van der Waals surface area (Å²) in [7, 11) is 0. The van der Waals surface area contributed by atoms with Crippen molar-refractivity contribution in [3.63, 3.8) is 0 Å². The molecule has 4 aromatic heterocycles. The average molecular weight is 353 g/mol. The summed E-state index contributed by atoms with van der Waals surface area (Å²) in [5, 5.41) is 10.6. The van der Waals surface area contributed by atoms with Crippen LogP contribution in [0.1, 0.15) is 21.1 Å². The van der Waals surface area contributed by atoms with Gasteiger partial charge in [0.05, 0.1) is 12.0 Å². The number of Topliss-reactive ketones (excluding diaryl/α,β-unsaturated/α-hetero) is 1. The fourth-order valence-corrected chi connectivity index (χ4v) is 3.33. The first-order valence-electron chi connectivity index (χ1n) is 7.49. The van der Waals surface area contributed by atoms with Gasteiger partial charge in [0.1, 0.15) is 11.3 Å².